The molecule has 0 aliphatic carbocycles. The zero-order valence-corrected chi connectivity index (χ0v) is 22.5. The number of amides is 3. The highest BCUT2D eigenvalue weighted by Crippen LogP contribution is 2.23. The van der Waals surface area contributed by atoms with E-state index in [9.17, 15) is 41.1 Å². The zero-order valence-electron chi connectivity index (χ0n) is 21.0. The summed E-state index contributed by atoms with van der Waals surface area (Å²) in [7, 11) is 0. The molecule has 0 aliphatic heterocycles. The largest absolute Gasteiger partial charge is 0.405 e. The Bertz CT molecular complexity index is 1250. The SMILES string of the molecule is CC(C)C(NC(=O)C(NC(=O)C=Cc1ccc(Cl)cc1)c1ccc(Cl)cc1)C(=O)C(F)(F)C(=O)NCC(F)(F)F. The third kappa shape index (κ3) is 9.60. The highest BCUT2D eigenvalue weighted by atomic mass is 35.5. The Morgan fingerprint density at radius 1 is 0.850 bits per heavy atom. The first-order valence-electron chi connectivity index (χ1n) is 11.6. The monoisotopic (exact) mass is 607 g/mol. The van der Waals surface area contributed by atoms with Crippen molar-refractivity contribution in [2.24, 2.45) is 5.92 Å². The minimum absolute atomic E-state index is 0.166. The summed E-state index contributed by atoms with van der Waals surface area (Å²) in [4.78, 5) is 50.1. The molecule has 0 radical (unpaired) electrons. The number of hydrogen-bond acceptors (Lipinski definition) is 4. The van der Waals surface area contributed by atoms with Crippen molar-refractivity contribution in [3.05, 3.63) is 75.8 Å². The van der Waals surface area contributed by atoms with E-state index in [1.165, 1.54) is 44.2 Å². The van der Waals surface area contributed by atoms with Crippen LogP contribution in [-0.2, 0) is 19.2 Å². The van der Waals surface area contributed by atoms with Crippen molar-refractivity contribution in [3.63, 3.8) is 0 Å². The minimum atomic E-state index is -4.99. The van der Waals surface area contributed by atoms with Crippen LogP contribution in [0.1, 0.15) is 31.0 Å². The normalized spacial score (nSPS) is 13.6. The number of rotatable bonds is 11. The molecule has 2 aromatic carbocycles. The number of alkyl halides is 5. The van der Waals surface area contributed by atoms with Crippen LogP contribution >= 0.6 is 23.2 Å². The molecular formula is C26H24Cl2F5N3O4. The quantitative estimate of drug-likeness (QED) is 0.192. The number of carbonyl (C=O) groups excluding carboxylic acids is 4. The summed E-state index contributed by atoms with van der Waals surface area (Å²) in [5.74, 6) is -12.4. The van der Waals surface area contributed by atoms with Gasteiger partial charge in [0.25, 0.3) is 5.91 Å². The Morgan fingerprint density at radius 3 is 1.88 bits per heavy atom. The van der Waals surface area contributed by atoms with Crippen LogP contribution in [0.2, 0.25) is 10.0 Å². The molecular weight excluding hydrogens is 584 g/mol. The molecule has 14 heteroatoms. The van der Waals surface area contributed by atoms with E-state index in [1.54, 1.807) is 24.3 Å². The van der Waals surface area contributed by atoms with Crippen molar-refractivity contribution < 1.29 is 41.1 Å². The van der Waals surface area contributed by atoms with Crippen LogP contribution in [0.4, 0.5) is 22.0 Å². The molecule has 0 saturated heterocycles. The Hall–Kier alpha value is -3.51. The summed E-state index contributed by atoms with van der Waals surface area (Å²) in [5, 5.41) is 6.23. The first-order valence-corrected chi connectivity index (χ1v) is 12.3. The van der Waals surface area contributed by atoms with Gasteiger partial charge in [-0.2, -0.15) is 22.0 Å². The summed E-state index contributed by atoms with van der Waals surface area (Å²) in [5.41, 5.74) is 0.767. The van der Waals surface area contributed by atoms with Crippen molar-refractivity contribution in [3.8, 4) is 0 Å². The predicted octanol–water partition coefficient (Wildman–Crippen LogP) is 4.89. The second kappa shape index (κ2) is 13.7. The average Bonchev–Trinajstić information content (AvgIpc) is 2.88. The van der Waals surface area contributed by atoms with Crippen molar-refractivity contribution in [1.29, 1.82) is 0 Å². The molecule has 0 aromatic heterocycles. The molecule has 216 valence electrons. The van der Waals surface area contributed by atoms with Gasteiger partial charge in [-0.15, -0.1) is 0 Å². The van der Waals surface area contributed by atoms with Crippen LogP contribution in [0, 0.1) is 5.92 Å². The van der Waals surface area contributed by atoms with Gasteiger partial charge in [0.15, 0.2) is 0 Å². The second-order valence-corrected chi connectivity index (χ2v) is 9.72. The van der Waals surface area contributed by atoms with Gasteiger partial charge >= 0.3 is 12.1 Å². The Morgan fingerprint density at radius 2 is 1.38 bits per heavy atom. The molecule has 2 aromatic rings. The van der Waals surface area contributed by atoms with Crippen LogP contribution in [0.3, 0.4) is 0 Å². The van der Waals surface area contributed by atoms with Gasteiger partial charge in [0.1, 0.15) is 12.6 Å². The summed E-state index contributed by atoms with van der Waals surface area (Å²) in [6.07, 6.45) is -2.47. The van der Waals surface area contributed by atoms with Gasteiger partial charge in [-0.25, -0.2) is 0 Å². The molecule has 40 heavy (non-hydrogen) atoms. The van der Waals surface area contributed by atoms with Crippen molar-refractivity contribution >= 4 is 52.8 Å². The third-order valence-electron chi connectivity index (χ3n) is 5.34. The molecule has 0 spiro atoms. The summed E-state index contributed by atoms with van der Waals surface area (Å²) < 4.78 is 66.1. The first-order chi connectivity index (χ1) is 18.5. The van der Waals surface area contributed by atoms with Gasteiger partial charge in [0, 0.05) is 16.1 Å². The van der Waals surface area contributed by atoms with E-state index in [0.717, 1.165) is 11.4 Å². The molecule has 3 amide bonds. The van der Waals surface area contributed by atoms with Gasteiger partial charge in [0.2, 0.25) is 17.6 Å². The first kappa shape index (κ1) is 32.7. The molecule has 3 N–H and O–H groups in total. The number of Topliss-reactive ketones (excluding diaryl/α,β-unsaturated/α-hetero) is 1. The molecule has 0 heterocycles. The van der Waals surface area contributed by atoms with E-state index in [4.69, 9.17) is 23.2 Å². The van der Waals surface area contributed by atoms with Gasteiger partial charge in [-0.1, -0.05) is 61.3 Å². The Labute approximate surface area is 236 Å². The van der Waals surface area contributed by atoms with Gasteiger partial charge in [0.05, 0.1) is 6.04 Å². The molecule has 0 bridgehead atoms. The fourth-order valence-corrected chi connectivity index (χ4v) is 3.51. The van der Waals surface area contributed by atoms with Crippen LogP contribution in [0.5, 0.6) is 0 Å². The average molecular weight is 608 g/mol. The van der Waals surface area contributed by atoms with E-state index in [1.807, 2.05) is 0 Å². The third-order valence-corrected chi connectivity index (χ3v) is 5.84. The number of nitrogens with one attached hydrogen (secondary N) is 3. The van der Waals surface area contributed by atoms with Crippen molar-refractivity contribution in [2.75, 3.05) is 6.54 Å². The summed E-state index contributed by atoms with van der Waals surface area (Å²) in [6, 6.07) is 8.46. The van der Waals surface area contributed by atoms with Gasteiger partial charge in [-0.3, -0.25) is 19.2 Å². The van der Waals surface area contributed by atoms with Crippen LogP contribution in [0.15, 0.2) is 54.6 Å². The van der Waals surface area contributed by atoms with Crippen LogP contribution in [0.25, 0.3) is 6.08 Å². The minimum Gasteiger partial charge on any atom is -0.344 e. The highest BCUT2D eigenvalue weighted by molar-refractivity contribution is 6.30. The number of halogens is 7. The lowest BCUT2D eigenvalue weighted by atomic mass is 9.94. The summed E-state index contributed by atoms with van der Waals surface area (Å²) in [6.45, 7) is 0.468. The van der Waals surface area contributed by atoms with E-state index >= 15 is 0 Å². The highest BCUT2D eigenvalue weighted by Gasteiger charge is 2.52. The standard InChI is InChI=1S/C26H24Cl2F5N3O4/c1-14(2)20(22(38)26(32,33)24(40)34-13-25(29,30)31)36-23(39)21(16-6-10-18(28)11-7-16)35-19(37)12-5-15-3-8-17(27)9-4-15/h3-12,14,20-21H,13H2,1-2H3,(H,34,40)(H,35,37)(H,36,39). The molecule has 2 unspecified atom stereocenters. The number of benzene rings is 2. The topological polar surface area (TPSA) is 104 Å². The molecule has 7 nitrogen and oxygen atoms in total. The molecule has 2 atom stereocenters. The molecule has 2 rings (SSSR count). The van der Waals surface area contributed by atoms with Gasteiger partial charge in [-0.05, 0) is 47.4 Å². The fourth-order valence-electron chi connectivity index (χ4n) is 3.26. The van der Waals surface area contributed by atoms with E-state index < -0.39 is 60.1 Å². The maximum atomic E-state index is 14.5. The lowest BCUT2D eigenvalue weighted by molar-refractivity contribution is -0.165. The molecule has 0 saturated carbocycles. The fraction of sp³-hybridized carbons (Fsp3) is 0.308. The van der Waals surface area contributed by atoms with Crippen molar-refractivity contribution in [2.45, 2.75) is 38.0 Å². The van der Waals surface area contributed by atoms with Gasteiger partial charge < -0.3 is 16.0 Å². The second-order valence-electron chi connectivity index (χ2n) is 8.84. The number of carbonyl (C=O) groups is 4. The number of ketones is 1. The van der Waals surface area contributed by atoms with E-state index in [-0.39, 0.29) is 10.6 Å². The van der Waals surface area contributed by atoms with E-state index in [2.05, 4.69) is 10.6 Å². The predicted molar refractivity (Wildman–Crippen MR) is 139 cm³/mol. The lowest BCUT2D eigenvalue weighted by Crippen LogP contribution is -2.58. The van der Waals surface area contributed by atoms with Crippen molar-refractivity contribution in [1.82, 2.24) is 16.0 Å². The molecule has 0 aliphatic rings. The Kier molecular flexibility index (Phi) is 11.2. The van der Waals surface area contributed by atoms with Crippen LogP contribution in [-0.4, -0.2) is 48.2 Å². The Balaban J connectivity index is 2.28. The lowest BCUT2D eigenvalue weighted by Gasteiger charge is -2.27. The molecule has 0 fully saturated rings. The maximum absolute atomic E-state index is 14.5. The van der Waals surface area contributed by atoms with E-state index in [0.29, 0.717) is 10.6 Å². The summed E-state index contributed by atoms with van der Waals surface area (Å²) >= 11 is 11.7. The smallest absolute Gasteiger partial charge is 0.344 e. The van der Waals surface area contributed by atoms with Crippen LogP contribution < -0.4 is 16.0 Å². The zero-order chi connectivity index (χ0) is 30.3. The maximum Gasteiger partial charge on any atom is 0.405 e. The number of hydrogen-bond donors (Lipinski definition) is 3.